The molecule has 1 amide bonds. The quantitative estimate of drug-likeness (QED) is 0.773. The highest BCUT2D eigenvalue weighted by molar-refractivity contribution is 5.79. The van der Waals surface area contributed by atoms with E-state index in [1.165, 1.54) is 6.08 Å². The fourth-order valence-electron chi connectivity index (χ4n) is 3.35. The van der Waals surface area contributed by atoms with E-state index in [2.05, 4.69) is 24.0 Å². The van der Waals surface area contributed by atoms with E-state index in [4.69, 9.17) is 9.84 Å². The SMILES string of the molecule is C=C[C@@](C)(CC(=O)O)NC(=O)OCC1c2ccccc2-c2ccccc21. The Labute approximate surface area is 152 Å². The molecule has 0 fully saturated rings. The summed E-state index contributed by atoms with van der Waals surface area (Å²) in [6.07, 6.45) is 0.485. The molecule has 0 radical (unpaired) electrons. The minimum Gasteiger partial charge on any atom is -0.481 e. The van der Waals surface area contributed by atoms with Gasteiger partial charge in [-0.25, -0.2) is 4.79 Å². The first-order valence-corrected chi connectivity index (χ1v) is 8.42. The van der Waals surface area contributed by atoms with Crippen molar-refractivity contribution in [2.75, 3.05) is 6.61 Å². The van der Waals surface area contributed by atoms with E-state index in [1.807, 2.05) is 36.4 Å². The summed E-state index contributed by atoms with van der Waals surface area (Å²) < 4.78 is 5.43. The molecule has 134 valence electrons. The average molecular weight is 351 g/mol. The molecule has 0 saturated heterocycles. The van der Waals surface area contributed by atoms with Crippen LogP contribution in [0.15, 0.2) is 61.2 Å². The van der Waals surface area contributed by atoms with Crippen molar-refractivity contribution >= 4 is 12.1 Å². The number of carbonyl (C=O) groups excluding carboxylic acids is 1. The first-order chi connectivity index (χ1) is 12.4. The Balaban J connectivity index is 1.73. The van der Waals surface area contributed by atoms with Gasteiger partial charge in [0.05, 0.1) is 12.0 Å². The van der Waals surface area contributed by atoms with Gasteiger partial charge in [-0.05, 0) is 29.2 Å². The van der Waals surface area contributed by atoms with E-state index in [-0.39, 0.29) is 18.9 Å². The van der Waals surface area contributed by atoms with E-state index in [9.17, 15) is 9.59 Å². The van der Waals surface area contributed by atoms with E-state index < -0.39 is 17.6 Å². The molecule has 0 unspecified atom stereocenters. The van der Waals surface area contributed by atoms with Gasteiger partial charge in [-0.2, -0.15) is 0 Å². The number of carbonyl (C=O) groups is 2. The van der Waals surface area contributed by atoms with Gasteiger partial charge in [-0.1, -0.05) is 54.6 Å². The molecule has 1 aliphatic carbocycles. The van der Waals surface area contributed by atoms with Crippen molar-refractivity contribution in [1.29, 1.82) is 0 Å². The third kappa shape index (κ3) is 3.47. The Morgan fingerprint density at radius 3 is 2.19 bits per heavy atom. The predicted molar refractivity (Wildman–Crippen MR) is 99.1 cm³/mol. The highest BCUT2D eigenvalue weighted by atomic mass is 16.5. The molecule has 2 aromatic rings. The lowest BCUT2D eigenvalue weighted by Crippen LogP contribution is -2.46. The number of hydrogen-bond donors (Lipinski definition) is 2. The molecule has 2 aromatic carbocycles. The van der Waals surface area contributed by atoms with E-state index >= 15 is 0 Å². The summed E-state index contributed by atoms with van der Waals surface area (Å²) in [5.74, 6) is -1.06. The molecule has 5 heteroatoms. The van der Waals surface area contributed by atoms with Crippen LogP contribution < -0.4 is 5.32 Å². The van der Waals surface area contributed by atoms with E-state index in [1.54, 1.807) is 6.92 Å². The maximum atomic E-state index is 12.2. The van der Waals surface area contributed by atoms with Crippen molar-refractivity contribution in [3.8, 4) is 11.1 Å². The van der Waals surface area contributed by atoms with Gasteiger partial charge in [-0.15, -0.1) is 6.58 Å². The first-order valence-electron chi connectivity index (χ1n) is 8.42. The van der Waals surface area contributed by atoms with Crippen LogP contribution in [0.25, 0.3) is 11.1 Å². The molecular weight excluding hydrogens is 330 g/mol. The van der Waals surface area contributed by atoms with Gasteiger partial charge in [0.25, 0.3) is 0 Å². The number of alkyl carbamates (subject to hydrolysis) is 1. The fourth-order valence-corrected chi connectivity index (χ4v) is 3.35. The number of benzene rings is 2. The summed E-state index contributed by atoms with van der Waals surface area (Å²) in [5, 5.41) is 11.6. The first kappa shape index (κ1) is 17.7. The number of carboxylic acids is 1. The molecule has 0 aliphatic heterocycles. The molecule has 2 N–H and O–H groups in total. The van der Waals surface area contributed by atoms with Crippen molar-refractivity contribution in [2.24, 2.45) is 0 Å². The topological polar surface area (TPSA) is 75.6 Å². The lowest BCUT2D eigenvalue weighted by molar-refractivity contribution is -0.138. The van der Waals surface area contributed by atoms with Gasteiger partial charge in [0.1, 0.15) is 6.61 Å². The van der Waals surface area contributed by atoms with Crippen LogP contribution in [0, 0.1) is 0 Å². The number of hydrogen-bond acceptors (Lipinski definition) is 3. The second-order valence-electron chi connectivity index (χ2n) is 6.64. The second kappa shape index (κ2) is 7.04. The number of nitrogens with one attached hydrogen (secondary N) is 1. The molecule has 0 aromatic heterocycles. The van der Waals surface area contributed by atoms with E-state index in [0.717, 1.165) is 22.3 Å². The molecule has 5 nitrogen and oxygen atoms in total. The largest absolute Gasteiger partial charge is 0.481 e. The number of ether oxygens (including phenoxy) is 1. The Morgan fingerprint density at radius 1 is 1.15 bits per heavy atom. The lowest BCUT2D eigenvalue weighted by Gasteiger charge is -2.25. The Hall–Kier alpha value is -3.08. The zero-order valence-corrected chi connectivity index (χ0v) is 14.6. The van der Waals surface area contributed by atoms with Gasteiger partial charge >= 0.3 is 12.1 Å². The van der Waals surface area contributed by atoms with Gasteiger partial charge < -0.3 is 15.2 Å². The number of rotatable bonds is 6. The summed E-state index contributed by atoms with van der Waals surface area (Å²) in [5.41, 5.74) is 3.49. The van der Waals surface area contributed by atoms with Gasteiger partial charge in [0.2, 0.25) is 0 Å². The minimum absolute atomic E-state index is 0.0392. The van der Waals surface area contributed by atoms with Crippen LogP contribution in [-0.4, -0.2) is 29.3 Å². The number of fused-ring (bicyclic) bond motifs is 3. The van der Waals surface area contributed by atoms with Crippen LogP contribution in [0.2, 0.25) is 0 Å². The molecule has 0 bridgehead atoms. The van der Waals surface area contributed by atoms with Crippen LogP contribution in [0.3, 0.4) is 0 Å². The molecule has 0 heterocycles. The molecule has 1 atom stereocenters. The van der Waals surface area contributed by atoms with Gasteiger partial charge in [0, 0.05) is 5.92 Å². The standard InChI is InChI=1S/C21H21NO4/c1-3-21(2,12-19(23)24)22-20(25)26-13-18-16-10-6-4-8-14(16)15-9-5-7-11-17(15)18/h3-11,18H,1,12-13H2,2H3,(H,22,25)(H,23,24)/t21-/m0/s1. The van der Waals surface area contributed by atoms with Crippen molar-refractivity contribution < 1.29 is 19.4 Å². The van der Waals surface area contributed by atoms with Gasteiger partial charge in [0.15, 0.2) is 0 Å². The maximum Gasteiger partial charge on any atom is 0.407 e. The summed E-state index contributed by atoms with van der Waals surface area (Å²) in [7, 11) is 0. The highest BCUT2D eigenvalue weighted by Crippen LogP contribution is 2.44. The van der Waals surface area contributed by atoms with Crippen LogP contribution in [0.1, 0.15) is 30.4 Å². The second-order valence-corrected chi connectivity index (χ2v) is 6.64. The molecule has 3 rings (SSSR count). The average Bonchev–Trinajstić information content (AvgIpc) is 2.93. The Kier molecular flexibility index (Phi) is 4.80. The molecule has 0 spiro atoms. The van der Waals surface area contributed by atoms with Gasteiger partial charge in [-0.3, -0.25) is 4.79 Å². The van der Waals surface area contributed by atoms with Crippen molar-refractivity contribution in [1.82, 2.24) is 5.32 Å². The fraction of sp³-hybridized carbons (Fsp3) is 0.238. The highest BCUT2D eigenvalue weighted by Gasteiger charge is 2.31. The normalized spacial score (nSPS) is 14.7. The van der Waals surface area contributed by atoms with Crippen molar-refractivity contribution in [3.63, 3.8) is 0 Å². The van der Waals surface area contributed by atoms with E-state index in [0.29, 0.717) is 0 Å². The van der Waals surface area contributed by atoms with Crippen LogP contribution in [0.4, 0.5) is 4.79 Å². The van der Waals surface area contributed by atoms with Crippen molar-refractivity contribution in [2.45, 2.75) is 24.8 Å². The zero-order chi connectivity index (χ0) is 18.7. The molecule has 26 heavy (non-hydrogen) atoms. The Bertz CT molecular complexity index is 815. The maximum absolute atomic E-state index is 12.2. The molecule has 1 aliphatic rings. The smallest absolute Gasteiger partial charge is 0.407 e. The minimum atomic E-state index is -1.06. The van der Waals surface area contributed by atoms with Crippen molar-refractivity contribution in [3.05, 3.63) is 72.3 Å². The lowest BCUT2D eigenvalue weighted by atomic mass is 9.98. The Morgan fingerprint density at radius 2 is 1.69 bits per heavy atom. The summed E-state index contributed by atoms with van der Waals surface area (Å²) in [4.78, 5) is 23.2. The summed E-state index contributed by atoms with van der Waals surface area (Å²) in [6.45, 7) is 5.38. The van der Waals surface area contributed by atoms with Crippen LogP contribution in [-0.2, 0) is 9.53 Å². The summed E-state index contributed by atoms with van der Waals surface area (Å²) in [6, 6.07) is 16.1. The molecular formula is C21H21NO4. The monoisotopic (exact) mass is 351 g/mol. The number of carboxylic acid groups (broad SMARTS) is 1. The van der Waals surface area contributed by atoms with Crippen LogP contribution in [0.5, 0.6) is 0 Å². The molecule has 0 saturated carbocycles. The third-order valence-corrected chi connectivity index (χ3v) is 4.70. The van der Waals surface area contributed by atoms with Crippen LogP contribution >= 0.6 is 0 Å². The number of aliphatic carboxylic acids is 1. The summed E-state index contributed by atoms with van der Waals surface area (Å²) >= 11 is 0. The zero-order valence-electron chi connectivity index (χ0n) is 14.6. The third-order valence-electron chi connectivity index (χ3n) is 4.70. The number of amides is 1. The predicted octanol–water partition coefficient (Wildman–Crippen LogP) is 3.94.